The molecule has 0 radical (unpaired) electrons. The number of aliphatic imine (C=N–C) groups is 1. The molecule has 0 spiro atoms. The van der Waals surface area contributed by atoms with Crippen LogP contribution in [-0.4, -0.2) is 39.2 Å². The van der Waals surface area contributed by atoms with Crippen molar-refractivity contribution in [3.63, 3.8) is 0 Å². The topological polar surface area (TPSA) is 103 Å². The minimum absolute atomic E-state index is 0.0283. The van der Waals surface area contributed by atoms with Crippen molar-refractivity contribution in [2.45, 2.75) is 39.2 Å². The van der Waals surface area contributed by atoms with Crippen molar-refractivity contribution in [3.8, 4) is 23.1 Å². The molecule has 1 unspecified atom stereocenters. The smallest absolute Gasteiger partial charge is 0.224 e. The Labute approximate surface area is 170 Å². The molecule has 0 aliphatic heterocycles. The van der Waals surface area contributed by atoms with Crippen LogP contribution < -0.4 is 5.32 Å². The molecule has 1 amide bonds. The van der Waals surface area contributed by atoms with E-state index in [4.69, 9.17) is 5.26 Å². The van der Waals surface area contributed by atoms with Gasteiger partial charge in [-0.15, -0.1) is 0 Å². The van der Waals surface area contributed by atoms with E-state index < -0.39 is 0 Å². The lowest BCUT2D eigenvalue weighted by Crippen LogP contribution is -2.33. The maximum absolute atomic E-state index is 12.1. The molecular formula is C22H25N5O2. The van der Waals surface area contributed by atoms with Crippen LogP contribution in [0.1, 0.15) is 38.7 Å². The number of hydrogen-bond donors (Lipinski definition) is 2. The molecule has 1 aliphatic carbocycles. The van der Waals surface area contributed by atoms with Gasteiger partial charge in [-0.1, -0.05) is 18.2 Å². The molecule has 1 aromatic carbocycles. The van der Waals surface area contributed by atoms with Crippen molar-refractivity contribution in [1.82, 2.24) is 15.1 Å². The van der Waals surface area contributed by atoms with E-state index in [1.807, 2.05) is 13.8 Å². The van der Waals surface area contributed by atoms with Gasteiger partial charge in [-0.05, 0) is 56.4 Å². The molecule has 1 atom stereocenters. The van der Waals surface area contributed by atoms with Crippen molar-refractivity contribution in [2.24, 2.45) is 10.9 Å². The molecule has 7 heteroatoms. The van der Waals surface area contributed by atoms with Gasteiger partial charge >= 0.3 is 0 Å². The van der Waals surface area contributed by atoms with Crippen molar-refractivity contribution < 1.29 is 9.90 Å². The first kappa shape index (κ1) is 20.3. The molecule has 1 aliphatic rings. The number of nitriles is 1. The summed E-state index contributed by atoms with van der Waals surface area (Å²) in [4.78, 5) is 16.5. The molecular weight excluding hydrogens is 366 g/mol. The van der Waals surface area contributed by atoms with Crippen LogP contribution in [0.5, 0.6) is 5.88 Å². The van der Waals surface area contributed by atoms with Gasteiger partial charge in [-0.2, -0.15) is 15.0 Å². The molecule has 0 saturated heterocycles. The van der Waals surface area contributed by atoms with E-state index in [0.29, 0.717) is 29.4 Å². The third kappa shape index (κ3) is 5.11. The summed E-state index contributed by atoms with van der Waals surface area (Å²) < 4.78 is 1.35. The number of amides is 1. The third-order valence-electron chi connectivity index (χ3n) is 4.89. The van der Waals surface area contributed by atoms with Gasteiger partial charge in [0.2, 0.25) is 11.8 Å². The number of hydrogen-bond acceptors (Lipinski definition) is 5. The quantitative estimate of drug-likeness (QED) is 0.558. The molecule has 1 heterocycles. The Hall–Kier alpha value is -3.40. The summed E-state index contributed by atoms with van der Waals surface area (Å²) in [6.07, 6.45) is 7.59. The van der Waals surface area contributed by atoms with Gasteiger partial charge in [0.05, 0.1) is 23.4 Å². The zero-order valence-corrected chi connectivity index (χ0v) is 16.7. The van der Waals surface area contributed by atoms with Crippen molar-refractivity contribution in [1.29, 1.82) is 5.26 Å². The van der Waals surface area contributed by atoms with E-state index in [9.17, 15) is 9.90 Å². The highest BCUT2D eigenvalue weighted by Gasteiger charge is 2.28. The van der Waals surface area contributed by atoms with Crippen molar-refractivity contribution in [2.75, 3.05) is 6.54 Å². The van der Waals surface area contributed by atoms with Gasteiger partial charge in [-0.3, -0.25) is 9.79 Å². The second-order valence-electron chi connectivity index (χ2n) is 7.12. The Bertz CT molecular complexity index is 962. The van der Waals surface area contributed by atoms with E-state index in [1.54, 1.807) is 42.6 Å². The Balaban J connectivity index is 1.72. The summed E-state index contributed by atoms with van der Waals surface area (Å²) in [6.45, 7) is 4.44. The van der Waals surface area contributed by atoms with Gasteiger partial charge < -0.3 is 10.4 Å². The maximum atomic E-state index is 12.1. The van der Waals surface area contributed by atoms with E-state index >= 15 is 0 Å². The van der Waals surface area contributed by atoms with E-state index in [1.165, 1.54) is 17.5 Å². The van der Waals surface area contributed by atoms with Crippen molar-refractivity contribution >= 4 is 11.7 Å². The lowest BCUT2D eigenvalue weighted by molar-refractivity contribution is -0.120. The number of nitrogens with zero attached hydrogens (tertiary/aromatic N) is 4. The summed E-state index contributed by atoms with van der Waals surface area (Å²) in [5, 5.41) is 26.8. The number of rotatable bonds is 7. The number of aromatic hydroxyl groups is 1. The first-order chi connectivity index (χ1) is 14.0. The van der Waals surface area contributed by atoms with Crippen LogP contribution in [0.2, 0.25) is 0 Å². The first-order valence-corrected chi connectivity index (χ1v) is 9.81. The maximum Gasteiger partial charge on any atom is 0.224 e. The molecule has 1 saturated carbocycles. The van der Waals surface area contributed by atoms with Crippen molar-refractivity contribution in [3.05, 3.63) is 48.2 Å². The zero-order chi connectivity index (χ0) is 20.8. The lowest BCUT2D eigenvalue weighted by atomic mass is 10.1. The van der Waals surface area contributed by atoms with E-state index in [0.717, 1.165) is 5.56 Å². The Kier molecular flexibility index (Phi) is 6.45. The largest absolute Gasteiger partial charge is 0.493 e. The van der Waals surface area contributed by atoms with Gasteiger partial charge in [0.25, 0.3) is 0 Å². The fraction of sp³-hybridized carbons (Fsp3) is 0.364. The molecule has 7 nitrogen and oxygen atoms in total. The van der Waals surface area contributed by atoms with Crippen LogP contribution in [0, 0.1) is 17.2 Å². The SMILES string of the molecule is CC/N=C(\C=C/CC(=O)NC(C)C1CC1)n1ncc(-c2ccc(C#N)cc2)c1O. The minimum Gasteiger partial charge on any atom is -0.493 e. The lowest BCUT2D eigenvalue weighted by Gasteiger charge is -2.11. The van der Waals surface area contributed by atoms with Gasteiger partial charge in [0.1, 0.15) is 0 Å². The van der Waals surface area contributed by atoms with Gasteiger partial charge in [0, 0.05) is 19.0 Å². The fourth-order valence-corrected chi connectivity index (χ4v) is 3.09. The molecule has 1 fully saturated rings. The van der Waals surface area contributed by atoms with E-state index in [2.05, 4.69) is 21.5 Å². The predicted octanol–water partition coefficient (Wildman–Crippen LogP) is 3.25. The Morgan fingerprint density at radius 1 is 1.45 bits per heavy atom. The number of carbonyl (C=O) groups excluding carboxylic acids is 1. The monoisotopic (exact) mass is 391 g/mol. The summed E-state index contributed by atoms with van der Waals surface area (Å²) >= 11 is 0. The molecule has 29 heavy (non-hydrogen) atoms. The number of allylic oxidation sites excluding steroid dienone is 1. The number of benzene rings is 1. The summed E-state index contributed by atoms with van der Waals surface area (Å²) in [6, 6.07) is 9.18. The highest BCUT2D eigenvalue weighted by atomic mass is 16.3. The predicted molar refractivity (Wildman–Crippen MR) is 112 cm³/mol. The number of carbonyl (C=O) groups is 1. The zero-order valence-electron chi connectivity index (χ0n) is 16.7. The average molecular weight is 391 g/mol. The highest BCUT2D eigenvalue weighted by molar-refractivity contribution is 5.96. The van der Waals surface area contributed by atoms with Crippen LogP contribution >= 0.6 is 0 Å². The van der Waals surface area contributed by atoms with Crippen LogP contribution in [0.25, 0.3) is 11.1 Å². The summed E-state index contributed by atoms with van der Waals surface area (Å²) in [5.74, 6) is 0.993. The second-order valence-corrected chi connectivity index (χ2v) is 7.12. The summed E-state index contributed by atoms with van der Waals surface area (Å²) in [7, 11) is 0. The van der Waals surface area contributed by atoms with Crippen LogP contribution in [0.15, 0.2) is 47.6 Å². The molecule has 1 aromatic heterocycles. The molecule has 2 aromatic rings. The second kappa shape index (κ2) is 9.20. The van der Waals surface area contributed by atoms with Crippen LogP contribution in [-0.2, 0) is 4.79 Å². The Morgan fingerprint density at radius 3 is 2.79 bits per heavy atom. The highest BCUT2D eigenvalue weighted by Crippen LogP contribution is 2.32. The number of aromatic nitrogens is 2. The van der Waals surface area contributed by atoms with Gasteiger partial charge in [0.15, 0.2) is 5.84 Å². The van der Waals surface area contributed by atoms with Crippen LogP contribution in [0.4, 0.5) is 0 Å². The number of nitrogens with one attached hydrogen (secondary N) is 1. The molecule has 0 bridgehead atoms. The fourth-order valence-electron chi connectivity index (χ4n) is 3.09. The standard InChI is InChI=1S/C22H25N5O2/c1-3-24-20(5-4-6-21(28)26-15(2)17-11-12-17)27-22(29)19(14-25-27)18-9-7-16(13-23)8-10-18/h4-5,7-10,14-15,17,29H,3,6,11-12H2,1-2H3,(H,26,28)/b5-4-,24-20+. The minimum atomic E-state index is -0.0432. The normalized spacial score (nSPS) is 15.3. The first-order valence-electron chi connectivity index (χ1n) is 9.81. The Morgan fingerprint density at radius 2 is 2.17 bits per heavy atom. The third-order valence-corrected chi connectivity index (χ3v) is 4.89. The molecule has 3 rings (SSSR count). The van der Waals surface area contributed by atoms with Gasteiger partial charge in [-0.25, -0.2) is 0 Å². The summed E-state index contributed by atoms with van der Waals surface area (Å²) in [5.41, 5.74) is 1.84. The average Bonchev–Trinajstić information content (AvgIpc) is 3.50. The molecule has 150 valence electrons. The molecule has 2 N–H and O–H groups in total. The van der Waals surface area contributed by atoms with Crippen LogP contribution in [0.3, 0.4) is 0 Å². The van der Waals surface area contributed by atoms with E-state index in [-0.39, 0.29) is 24.2 Å².